The van der Waals surface area contributed by atoms with E-state index >= 15 is 0 Å². The zero-order chi connectivity index (χ0) is 15.2. The maximum atomic E-state index is 12.7. The molecule has 0 N–H and O–H groups in total. The predicted molar refractivity (Wildman–Crippen MR) is 84.4 cm³/mol. The number of carbonyl (C=O) groups excluding carboxylic acids is 1. The number of carbonyl (C=O) groups is 1. The highest BCUT2D eigenvalue weighted by molar-refractivity contribution is 5.81. The van der Waals surface area contributed by atoms with Crippen LogP contribution in [0.5, 0.6) is 0 Å². The SMILES string of the molecule is CC(C(=O)N1CCCCCC1)N1CCOC(CN(C)C)C1. The molecule has 5 heteroatoms. The molecule has 122 valence electrons. The molecule has 0 aromatic carbocycles. The molecule has 0 saturated carbocycles. The van der Waals surface area contributed by atoms with Gasteiger partial charge in [-0.25, -0.2) is 0 Å². The fourth-order valence-corrected chi connectivity index (χ4v) is 3.32. The van der Waals surface area contributed by atoms with Crippen LogP contribution in [-0.2, 0) is 9.53 Å². The van der Waals surface area contributed by atoms with E-state index in [9.17, 15) is 4.79 Å². The first-order chi connectivity index (χ1) is 10.1. The van der Waals surface area contributed by atoms with E-state index in [1.165, 1.54) is 12.8 Å². The molecule has 0 spiro atoms. The predicted octanol–water partition coefficient (Wildman–Crippen LogP) is 1.04. The molecule has 0 bridgehead atoms. The van der Waals surface area contributed by atoms with Crippen molar-refractivity contribution in [1.82, 2.24) is 14.7 Å². The summed E-state index contributed by atoms with van der Waals surface area (Å²) in [5.74, 6) is 0.308. The molecule has 0 aromatic rings. The molecule has 2 aliphatic rings. The lowest BCUT2D eigenvalue weighted by Gasteiger charge is -2.38. The molecular weight excluding hydrogens is 266 g/mol. The van der Waals surface area contributed by atoms with Crippen LogP contribution in [0, 0.1) is 0 Å². The fourth-order valence-electron chi connectivity index (χ4n) is 3.32. The lowest BCUT2D eigenvalue weighted by atomic mass is 10.1. The first kappa shape index (κ1) is 16.7. The van der Waals surface area contributed by atoms with E-state index in [0.717, 1.165) is 52.2 Å². The van der Waals surface area contributed by atoms with Crippen LogP contribution in [0.4, 0.5) is 0 Å². The zero-order valence-corrected chi connectivity index (χ0v) is 13.9. The first-order valence-electron chi connectivity index (χ1n) is 8.37. The molecule has 2 atom stereocenters. The molecule has 2 rings (SSSR count). The number of likely N-dealkylation sites (tertiary alicyclic amines) is 1. The molecule has 2 saturated heterocycles. The van der Waals surface area contributed by atoms with Crippen molar-refractivity contribution < 1.29 is 9.53 Å². The van der Waals surface area contributed by atoms with E-state index in [-0.39, 0.29) is 12.1 Å². The van der Waals surface area contributed by atoms with Gasteiger partial charge in [-0.15, -0.1) is 0 Å². The second-order valence-electron chi connectivity index (χ2n) is 6.67. The average Bonchev–Trinajstić information content (AvgIpc) is 2.74. The summed E-state index contributed by atoms with van der Waals surface area (Å²) in [7, 11) is 4.13. The normalized spacial score (nSPS) is 26.7. The van der Waals surface area contributed by atoms with Crippen molar-refractivity contribution in [3.8, 4) is 0 Å². The van der Waals surface area contributed by atoms with Crippen molar-refractivity contribution in [2.24, 2.45) is 0 Å². The van der Waals surface area contributed by atoms with Gasteiger partial charge in [-0.05, 0) is 33.9 Å². The number of nitrogens with zero attached hydrogens (tertiary/aromatic N) is 3. The van der Waals surface area contributed by atoms with Gasteiger partial charge in [0.2, 0.25) is 5.91 Å². The van der Waals surface area contributed by atoms with Gasteiger partial charge in [-0.1, -0.05) is 12.8 Å². The maximum absolute atomic E-state index is 12.7. The number of likely N-dealkylation sites (N-methyl/N-ethyl adjacent to an activating group) is 1. The molecule has 5 nitrogen and oxygen atoms in total. The minimum absolute atomic E-state index is 0.0170. The van der Waals surface area contributed by atoms with Crippen molar-refractivity contribution in [1.29, 1.82) is 0 Å². The number of hydrogen-bond donors (Lipinski definition) is 0. The summed E-state index contributed by atoms with van der Waals surface area (Å²) in [6.45, 7) is 7.31. The van der Waals surface area contributed by atoms with Crippen LogP contribution in [0.1, 0.15) is 32.6 Å². The van der Waals surface area contributed by atoms with Gasteiger partial charge in [0.25, 0.3) is 0 Å². The van der Waals surface area contributed by atoms with Crippen molar-refractivity contribution in [2.45, 2.75) is 44.8 Å². The average molecular weight is 297 g/mol. The number of morpholine rings is 1. The van der Waals surface area contributed by atoms with E-state index in [1.54, 1.807) is 0 Å². The third-order valence-electron chi connectivity index (χ3n) is 4.56. The molecule has 0 radical (unpaired) electrons. The highest BCUT2D eigenvalue weighted by Crippen LogP contribution is 2.15. The van der Waals surface area contributed by atoms with Gasteiger partial charge >= 0.3 is 0 Å². The highest BCUT2D eigenvalue weighted by Gasteiger charge is 2.30. The Morgan fingerprint density at radius 2 is 1.86 bits per heavy atom. The molecular formula is C16H31N3O2. The van der Waals surface area contributed by atoms with Gasteiger partial charge in [0, 0.05) is 32.7 Å². The third kappa shape index (κ3) is 4.94. The second kappa shape index (κ2) is 8.11. The largest absolute Gasteiger partial charge is 0.374 e. The van der Waals surface area contributed by atoms with Crippen molar-refractivity contribution in [2.75, 3.05) is 53.4 Å². The lowest BCUT2D eigenvalue weighted by molar-refractivity contribution is -0.139. The minimum atomic E-state index is -0.0170. The van der Waals surface area contributed by atoms with E-state index in [2.05, 4.69) is 35.7 Å². The molecule has 0 aliphatic carbocycles. The van der Waals surface area contributed by atoms with Crippen LogP contribution in [0.15, 0.2) is 0 Å². The van der Waals surface area contributed by atoms with Crippen molar-refractivity contribution >= 4 is 5.91 Å². The Morgan fingerprint density at radius 1 is 1.19 bits per heavy atom. The summed E-state index contributed by atoms with van der Waals surface area (Å²) in [5, 5.41) is 0. The highest BCUT2D eigenvalue weighted by atomic mass is 16.5. The zero-order valence-electron chi connectivity index (χ0n) is 13.9. The monoisotopic (exact) mass is 297 g/mol. The van der Waals surface area contributed by atoms with Crippen LogP contribution in [-0.4, -0.2) is 86.2 Å². The lowest BCUT2D eigenvalue weighted by Crippen LogP contribution is -2.54. The molecule has 2 aliphatic heterocycles. The Bertz CT molecular complexity index is 327. The fraction of sp³-hybridized carbons (Fsp3) is 0.938. The van der Waals surface area contributed by atoms with E-state index in [4.69, 9.17) is 4.74 Å². The summed E-state index contributed by atoms with van der Waals surface area (Å²) in [6.07, 6.45) is 5.06. The van der Waals surface area contributed by atoms with E-state index < -0.39 is 0 Å². The first-order valence-corrected chi connectivity index (χ1v) is 8.37. The molecule has 2 unspecified atom stereocenters. The van der Waals surface area contributed by atoms with Crippen LogP contribution in [0.3, 0.4) is 0 Å². The standard InChI is InChI=1S/C16H31N3O2/c1-14(16(20)18-8-6-4-5-7-9-18)19-10-11-21-15(13-19)12-17(2)3/h14-15H,4-13H2,1-3H3. The number of amides is 1. The summed E-state index contributed by atoms with van der Waals surface area (Å²) in [5.41, 5.74) is 0. The summed E-state index contributed by atoms with van der Waals surface area (Å²) >= 11 is 0. The van der Waals surface area contributed by atoms with Gasteiger partial charge in [0.15, 0.2) is 0 Å². The second-order valence-corrected chi connectivity index (χ2v) is 6.67. The topological polar surface area (TPSA) is 36.0 Å². The third-order valence-corrected chi connectivity index (χ3v) is 4.56. The van der Waals surface area contributed by atoms with E-state index in [1.807, 2.05) is 0 Å². The summed E-state index contributed by atoms with van der Waals surface area (Å²) < 4.78 is 5.81. The van der Waals surface area contributed by atoms with Gasteiger partial charge < -0.3 is 14.5 Å². The molecule has 21 heavy (non-hydrogen) atoms. The maximum Gasteiger partial charge on any atom is 0.239 e. The minimum Gasteiger partial charge on any atom is -0.374 e. The van der Waals surface area contributed by atoms with E-state index in [0.29, 0.717) is 5.91 Å². The van der Waals surface area contributed by atoms with Crippen LogP contribution in [0.25, 0.3) is 0 Å². The Balaban J connectivity index is 1.88. The van der Waals surface area contributed by atoms with Crippen LogP contribution < -0.4 is 0 Å². The van der Waals surface area contributed by atoms with Crippen LogP contribution >= 0.6 is 0 Å². The van der Waals surface area contributed by atoms with Crippen LogP contribution in [0.2, 0.25) is 0 Å². The quantitative estimate of drug-likeness (QED) is 0.777. The molecule has 0 aromatic heterocycles. The Kier molecular flexibility index (Phi) is 6.45. The number of hydrogen-bond acceptors (Lipinski definition) is 4. The summed E-state index contributed by atoms with van der Waals surface area (Å²) in [6, 6.07) is -0.0170. The molecule has 2 heterocycles. The Morgan fingerprint density at radius 3 is 2.48 bits per heavy atom. The molecule has 2 fully saturated rings. The van der Waals surface area contributed by atoms with Crippen molar-refractivity contribution in [3.63, 3.8) is 0 Å². The Labute approximate surface area is 129 Å². The van der Waals surface area contributed by atoms with Gasteiger partial charge in [-0.3, -0.25) is 9.69 Å². The molecule has 1 amide bonds. The smallest absolute Gasteiger partial charge is 0.239 e. The van der Waals surface area contributed by atoms with Crippen molar-refractivity contribution in [3.05, 3.63) is 0 Å². The Hall–Kier alpha value is -0.650. The van der Waals surface area contributed by atoms with Gasteiger partial charge in [0.05, 0.1) is 18.8 Å². The summed E-state index contributed by atoms with van der Waals surface area (Å²) in [4.78, 5) is 19.2. The van der Waals surface area contributed by atoms with Gasteiger partial charge in [-0.2, -0.15) is 0 Å². The van der Waals surface area contributed by atoms with Gasteiger partial charge in [0.1, 0.15) is 0 Å². The number of ether oxygens (including phenoxy) is 1. The number of rotatable bonds is 4.